The predicted molar refractivity (Wildman–Crippen MR) is 98.9 cm³/mol. The highest BCUT2D eigenvalue weighted by atomic mass is 16.5. The van der Waals surface area contributed by atoms with Crippen molar-refractivity contribution >= 4 is 6.03 Å². The summed E-state index contributed by atoms with van der Waals surface area (Å²) in [5.74, 6) is 0. The number of urea groups is 1. The van der Waals surface area contributed by atoms with Gasteiger partial charge in [-0.1, -0.05) is 24.3 Å². The zero-order valence-corrected chi connectivity index (χ0v) is 15.5. The van der Waals surface area contributed by atoms with E-state index in [2.05, 4.69) is 16.4 Å². The molecule has 1 aromatic heterocycles. The second-order valence-electron chi connectivity index (χ2n) is 7.09. The molecule has 5 nitrogen and oxygen atoms in total. The van der Waals surface area contributed by atoms with Gasteiger partial charge in [-0.05, 0) is 49.6 Å². The molecular weight excluding hydrogens is 314 g/mol. The largest absolute Gasteiger partial charge is 0.371 e. The minimum atomic E-state index is -0.167. The predicted octanol–water partition coefficient (Wildman–Crippen LogP) is 3.74. The number of nitrogens with one attached hydrogen (secondary N) is 1. The van der Waals surface area contributed by atoms with E-state index in [1.54, 1.807) is 24.3 Å². The van der Waals surface area contributed by atoms with E-state index >= 15 is 0 Å². The third kappa shape index (κ3) is 6.93. The average molecular weight is 341 g/mol. The molecule has 134 valence electrons. The Hall–Kier alpha value is -2.40. The lowest BCUT2D eigenvalue weighted by Crippen LogP contribution is -2.36. The molecule has 0 fully saturated rings. The van der Waals surface area contributed by atoms with Crippen molar-refractivity contribution in [3.05, 3.63) is 65.5 Å². The maximum atomic E-state index is 12.2. The third-order valence-corrected chi connectivity index (χ3v) is 3.62. The molecule has 0 saturated carbocycles. The van der Waals surface area contributed by atoms with E-state index in [1.165, 1.54) is 0 Å². The summed E-state index contributed by atoms with van der Waals surface area (Å²) in [7, 11) is 1.78. The highest BCUT2D eigenvalue weighted by Gasteiger charge is 2.11. The highest BCUT2D eigenvalue weighted by Crippen LogP contribution is 2.13. The fourth-order valence-corrected chi connectivity index (χ4v) is 2.28. The van der Waals surface area contributed by atoms with E-state index in [0.717, 1.165) is 16.7 Å². The smallest absolute Gasteiger partial charge is 0.317 e. The Morgan fingerprint density at radius 3 is 2.48 bits per heavy atom. The molecule has 2 aromatic rings. The van der Waals surface area contributed by atoms with Crippen LogP contribution in [0.25, 0.3) is 0 Å². The number of carbonyl (C=O) groups is 1. The first kappa shape index (κ1) is 18.9. The zero-order valence-electron chi connectivity index (χ0n) is 15.5. The number of carbonyl (C=O) groups excluding carboxylic acids is 1. The van der Waals surface area contributed by atoms with E-state index in [1.807, 2.05) is 51.1 Å². The monoisotopic (exact) mass is 341 g/mol. The van der Waals surface area contributed by atoms with Crippen LogP contribution in [0.1, 0.15) is 37.5 Å². The van der Waals surface area contributed by atoms with Crippen molar-refractivity contribution in [2.45, 2.75) is 46.1 Å². The lowest BCUT2D eigenvalue weighted by molar-refractivity contribution is -0.0149. The second kappa shape index (κ2) is 8.62. The van der Waals surface area contributed by atoms with Gasteiger partial charge in [0.15, 0.2) is 0 Å². The number of rotatable bonds is 6. The van der Waals surface area contributed by atoms with Gasteiger partial charge in [-0.15, -0.1) is 0 Å². The SMILES string of the molecule is CN(Cc1ccncc1)C(=O)NCc1cccc(COC(C)(C)C)c1. The molecule has 0 aliphatic heterocycles. The second-order valence-corrected chi connectivity index (χ2v) is 7.09. The van der Waals surface area contributed by atoms with Crippen molar-refractivity contribution in [3.63, 3.8) is 0 Å². The van der Waals surface area contributed by atoms with Crippen molar-refractivity contribution in [1.82, 2.24) is 15.2 Å². The van der Waals surface area contributed by atoms with E-state index in [-0.39, 0.29) is 11.6 Å². The Morgan fingerprint density at radius 1 is 1.12 bits per heavy atom. The van der Waals surface area contributed by atoms with Crippen molar-refractivity contribution in [2.24, 2.45) is 0 Å². The van der Waals surface area contributed by atoms with Crippen LogP contribution < -0.4 is 5.32 Å². The standard InChI is InChI=1S/C20H27N3O2/c1-20(2,3)25-15-18-7-5-6-17(12-18)13-22-19(24)23(4)14-16-8-10-21-11-9-16/h5-12H,13-15H2,1-4H3,(H,22,24). The minimum absolute atomic E-state index is 0.104. The van der Waals surface area contributed by atoms with Crippen molar-refractivity contribution in [1.29, 1.82) is 0 Å². The fraction of sp³-hybridized carbons (Fsp3) is 0.400. The fourth-order valence-electron chi connectivity index (χ4n) is 2.28. The number of ether oxygens (including phenoxy) is 1. The normalized spacial score (nSPS) is 11.2. The van der Waals surface area contributed by atoms with Gasteiger partial charge in [0, 0.05) is 32.5 Å². The van der Waals surface area contributed by atoms with E-state index in [4.69, 9.17) is 4.74 Å². The van der Waals surface area contributed by atoms with E-state index < -0.39 is 0 Å². The molecular formula is C20H27N3O2. The Kier molecular flexibility index (Phi) is 6.53. The molecule has 0 aliphatic rings. The summed E-state index contributed by atoms with van der Waals surface area (Å²) in [5.41, 5.74) is 3.04. The Bertz CT molecular complexity index is 681. The van der Waals surface area contributed by atoms with Crippen LogP contribution in [0.15, 0.2) is 48.8 Å². The summed E-state index contributed by atoms with van der Waals surface area (Å²) in [6, 6.07) is 11.8. The molecule has 25 heavy (non-hydrogen) atoms. The molecule has 0 atom stereocenters. The van der Waals surface area contributed by atoms with Gasteiger partial charge in [0.2, 0.25) is 0 Å². The van der Waals surface area contributed by atoms with Crippen LogP contribution >= 0.6 is 0 Å². The molecule has 0 spiro atoms. The molecule has 0 unspecified atom stereocenters. The highest BCUT2D eigenvalue weighted by molar-refractivity contribution is 5.73. The molecule has 2 amide bonds. The Morgan fingerprint density at radius 2 is 1.80 bits per heavy atom. The van der Waals surface area contributed by atoms with Crippen molar-refractivity contribution in [2.75, 3.05) is 7.05 Å². The van der Waals surface area contributed by atoms with Gasteiger partial charge in [0.1, 0.15) is 0 Å². The summed E-state index contributed by atoms with van der Waals surface area (Å²) in [6.07, 6.45) is 3.46. The summed E-state index contributed by atoms with van der Waals surface area (Å²) in [5, 5.41) is 2.95. The molecule has 2 rings (SSSR count). The van der Waals surface area contributed by atoms with Crippen LogP contribution in [0.3, 0.4) is 0 Å². The molecule has 5 heteroatoms. The third-order valence-electron chi connectivity index (χ3n) is 3.62. The number of aromatic nitrogens is 1. The lowest BCUT2D eigenvalue weighted by atomic mass is 10.1. The number of pyridine rings is 1. The number of amides is 2. The molecule has 0 bridgehead atoms. The first-order chi connectivity index (χ1) is 11.8. The van der Waals surface area contributed by atoms with E-state index in [0.29, 0.717) is 19.7 Å². The maximum Gasteiger partial charge on any atom is 0.317 e. The molecule has 0 saturated heterocycles. The van der Waals surface area contributed by atoms with Gasteiger partial charge in [-0.25, -0.2) is 4.79 Å². The summed E-state index contributed by atoms with van der Waals surface area (Å²) >= 11 is 0. The van der Waals surface area contributed by atoms with Gasteiger partial charge in [-0.2, -0.15) is 0 Å². The summed E-state index contributed by atoms with van der Waals surface area (Å²) < 4.78 is 5.80. The summed E-state index contributed by atoms with van der Waals surface area (Å²) in [6.45, 7) is 7.71. The molecule has 0 radical (unpaired) electrons. The summed E-state index contributed by atoms with van der Waals surface area (Å²) in [4.78, 5) is 17.9. The molecule has 1 aromatic carbocycles. The Labute approximate surface area is 150 Å². The Balaban J connectivity index is 1.84. The number of hydrogen-bond acceptors (Lipinski definition) is 3. The number of benzene rings is 1. The van der Waals surface area contributed by atoms with Gasteiger partial charge in [0.05, 0.1) is 12.2 Å². The van der Waals surface area contributed by atoms with Gasteiger partial charge in [-0.3, -0.25) is 4.98 Å². The van der Waals surface area contributed by atoms with Gasteiger partial charge >= 0.3 is 6.03 Å². The molecule has 1 heterocycles. The quantitative estimate of drug-likeness (QED) is 0.871. The average Bonchev–Trinajstić information content (AvgIpc) is 2.58. The minimum Gasteiger partial charge on any atom is -0.371 e. The van der Waals surface area contributed by atoms with Crippen molar-refractivity contribution in [3.8, 4) is 0 Å². The zero-order chi connectivity index (χ0) is 18.3. The van der Waals surface area contributed by atoms with Crippen LogP contribution in [-0.4, -0.2) is 28.6 Å². The first-order valence-corrected chi connectivity index (χ1v) is 8.43. The van der Waals surface area contributed by atoms with Crippen LogP contribution in [-0.2, 0) is 24.4 Å². The number of hydrogen-bond donors (Lipinski definition) is 1. The van der Waals surface area contributed by atoms with Crippen LogP contribution in [0.4, 0.5) is 4.79 Å². The molecule has 0 aliphatic carbocycles. The van der Waals surface area contributed by atoms with Crippen molar-refractivity contribution < 1.29 is 9.53 Å². The van der Waals surface area contributed by atoms with Crippen LogP contribution in [0.5, 0.6) is 0 Å². The van der Waals surface area contributed by atoms with Gasteiger partial charge in [0.25, 0.3) is 0 Å². The topological polar surface area (TPSA) is 54.5 Å². The van der Waals surface area contributed by atoms with Crippen LogP contribution in [0, 0.1) is 0 Å². The maximum absolute atomic E-state index is 12.2. The van der Waals surface area contributed by atoms with Crippen LogP contribution in [0.2, 0.25) is 0 Å². The van der Waals surface area contributed by atoms with E-state index in [9.17, 15) is 4.79 Å². The first-order valence-electron chi connectivity index (χ1n) is 8.43. The number of nitrogens with zero attached hydrogens (tertiary/aromatic N) is 2. The molecule has 1 N–H and O–H groups in total. The lowest BCUT2D eigenvalue weighted by Gasteiger charge is -2.20. The van der Waals surface area contributed by atoms with Gasteiger partial charge < -0.3 is 15.0 Å².